The molecule has 102 valence electrons. The zero-order valence-corrected chi connectivity index (χ0v) is 12.2. The van der Waals surface area contributed by atoms with E-state index in [-0.39, 0.29) is 0 Å². The van der Waals surface area contributed by atoms with Crippen LogP contribution in [0.5, 0.6) is 0 Å². The van der Waals surface area contributed by atoms with Gasteiger partial charge >= 0.3 is 0 Å². The molecule has 0 bridgehead atoms. The smallest absolute Gasteiger partial charge is 0.0577 e. The first kappa shape index (κ1) is 15.0. The van der Waals surface area contributed by atoms with Crippen LogP contribution < -0.4 is 5.32 Å². The highest BCUT2D eigenvalue weighted by Gasteiger charge is 2.24. The van der Waals surface area contributed by atoms with Gasteiger partial charge in [0.2, 0.25) is 0 Å². The Labute approximate surface area is 108 Å². The number of nitrogens with one attached hydrogen (secondary N) is 1. The predicted molar refractivity (Wildman–Crippen MR) is 74.2 cm³/mol. The molecular formula is C15H31NO. The first-order valence-electron chi connectivity index (χ1n) is 7.42. The summed E-state index contributed by atoms with van der Waals surface area (Å²) in [4.78, 5) is 0. The lowest BCUT2D eigenvalue weighted by Crippen LogP contribution is -2.28. The number of hydrogen-bond donors (Lipinski definition) is 1. The fourth-order valence-corrected chi connectivity index (χ4v) is 2.49. The van der Waals surface area contributed by atoms with Crippen molar-refractivity contribution in [3.8, 4) is 0 Å². The van der Waals surface area contributed by atoms with Crippen LogP contribution in [0.25, 0.3) is 0 Å². The Hall–Kier alpha value is -0.0800. The van der Waals surface area contributed by atoms with Gasteiger partial charge in [0, 0.05) is 6.61 Å². The zero-order chi connectivity index (χ0) is 12.7. The molecule has 0 saturated heterocycles. The summed E-state index contributed by atoms with van der Waals surface area (Å²) in [7, 11) is 0. The molecule has 0 aliphatic heterocycles. The second-order valence-electron chi connectivity index (χ2n) is 6.21. The summed E-state index contributed by atoms with van der Waals surface area (Å²) in [6, 6.07) is 0. The van der Waals surface area contributed by atoms with Gasteiger partial charge in [-0.1, -0.05) is 27.7 Å². The third-order valence-electron chi connectivity index (χ3n) is 3.95. The van der Waals surface area contributed by atoms with Crippen molar-refractivity contribution < 1.29 is 4.74 Å². The molecule has 2 heteroatoms. The summed E-state index contributed by atoms with van der Waals surface area (Å²) < 4.78 is 5.97. The summed E-state index contributed by atoms with van der Waals surface area (Å²) in [5, 5.41) is 3.46. The SMILES string of the molecule is CC(C)CNCCCOC1CCC(C)C(C)C1. The average molecular weight is 241 g/mol. The van der Waals surface area contributed by atoms with Gasteiger partial charge < -0.3 is 10.1 Å². The van der Waals surface area contributed by atoms with Gasteiger partial charge in [0.1, 0.15) is 0 Å². The first-order valence-corrected chi connectivity index (χ1v) is 7.42. The van der Waals surface area contributed by atoms with Crippen LogP contribution in [0.1, 0.15) is 53.4 Å². The molecular weight excluding hydrogens is 210 g/mol. The zero-order valence-electron chi connectivity index (χ0n) is 12.2. The standard InChI is InChI=1S/C15H31NO/c1-12(2)11-16-8-5-9-17-15-7-6-13(3)14(4)10-15/h12-16H,5-11H2,1-4H3. The Morgan fingerprint density at radius 2 is 1.94 bits per heavy atom. The molecule has 1 aliphatic rings. The lowest BCUT2D eigenvalue weighted by molar-refractivity contribution is 0.00179. The summed E-state index contributed by atoms with van der Waals surface area (Å²) in [5.41, 5.74) is 0. The molecule has 1 N–H and O–H groups in total. The second-order valence-corrected chi connectivity index (χ2v) is 6.21. The van der Waals surface area contributed by atoms with Gasteiger partial charge in [-0.3, -0.25) is 0 Å². The summed E-state index contributed by atoms with van der Waals surface area (Å²) in [6.45, 7) is 12.4. The minimum absolute atomic E-state index is 0.534. The van der Waals surface area contributed by atoms with Gasteiger partial charge in [-0.25, -0.2) is 0 Å². The second kappa shape index (κ2) is 8.10. The van der Waals surface area contributed by atoms with E-state index in [0.29, 0.717) is 6.10 Å². The third kappa shape index (κ3) is 6.42. The molecule has 0 aromatic rings. The normalized spacial score (nSPS) is 29.8. The van der Waals surface area contributed by atoms with Crippen molar-refractivity contribution in [1.29, 1.82) is 0 Å². The number of rotatable bonds is 7. The van der Waals surface area contributed by atoms with Gasteiger partial charge in [-0.05, 0) is 56.5 Å². The average Bonchev–Trinajstić information content (AvgIpc) is 2.27. The highest BCUT2D eigenvalue weighted by atomic mass is 16.5. The molecule has 17 heavy (non-hydrogen) atoms. The molecule has 3 atom stereocenters. The summed E-state index contributed by atoms with van der Waals surface area (Å²) >= 11 is 0. The van der Waals surface area contributed by atoms with E-state index in [1.54, 1.807) is 0 Å². The van der Waals surface area contributed by atoms with Gasteiger partial charge in [0.05, 0.1) is 6.10 Å². The summed E-state index contributed by atoms with van der Waals surface area (Å²) in [6.07, 6.45) is 5.56. The molecule has 0 amide bonds. The van der Waals surface area contributed by atoms with Crippen LogP contribution in [0.15, 0.2) is 0 Å². The van der Waals surface area contributed by atoms with E-state index in [9.17, 15) is 0 Å². The van der Waals surface area contributed by atoms with Crippen LogP contribution in [-0.4, -0.2) is 25.8 Å². The number of ether oxygens (including phenoxy) is 1. The fraction of sp³-hybridized carbons (Fsp3) is 1.00. The van der Waals surface area contributed by atoms with E-state index in [1.165, 1.54) is 19.3 Å². The molecule has 1 aliphatic carbocycles. The van der Waals surface area contributed by atoms with Gasteiger partial charge in [0.25, 0.3) is 0 Å². The van der Waals surface area contributed by atoms with Crippen LogP contribution in [0.4, 0.5) is 0 Å². The van der Waals surface area contributed by atoms with Crippen molar-refractivity contribution in [3.05, 3.63) is 0 Å². The summed E-state index contributed by atoms with van der Waals surface area (Å²) in [5.74, 6) is 2.48. The molecule has 0 radical (unpaired) electrons. The molecule has 1 rings (SSSR count). The van der Waals surface area contributed by atoms with Crippen LogP contribution in [-0.2, 0) is 4.74 Å². The molecule has 1 fully saturated rings. The molecule has 2 nitrogen and oxygen atoms in total. The Morgan fingerprint density at radius 1 is 1.18 bits per heavy atom. The molecule has 0 spiro atoms. The maximum absolute atomic E-state index is 5.97. The quantitative estimate of drug-likeness (QED) is 0.689. The highest BCUT2D eigenvalue weighted by Crippen LogP contribution is 2.30. The van der Waals surface area contributed by atoms with Gasteiger partial charge in [0.15, 0.2) is 0 Å². The Kier molecular flexibility index (Phi) is 7.14. The largest absolute Gasteiger partial charge is 0.378 e. The highest BCUT2D eigenvalue weighted by molar-refractivity contribution is 4.75. The lowest BCUT2D eigenvalue weighted by Gasteiger charge is -2.32. The van der Waals surface area contributed by atoms with Crippen molar-refractivity contribution in [1.82, 2.24) is 5.32 Å². The van der Waals surface area contributed by atoms with Crippen molar-refractivity contribution in [2.24, 2.45) is 17.8 Å². The predicted octanol–water partition coefficient (Wildman–Crippen LogP) is 3.46. The van der Waals surface area contributed by atoms with E-state index in [2.05, 4.69) is 33.0 Å². The maximum Gasteiger partial charge on any atom is 0.0577 e. The van der Waals surface area contributed by atoms with E-state index in [4.69, 9.17) is 4.74 Å². The molecule has 1 saturated carbocycles. The van der Waals surface area contributed by atoms with E-state index < -0.39 is 0 Å². The Morgan fingerprint density at radius 3 is 2.59 bits per heavy atom. The fourth-order valence-electron chi connectivity index (χ4n) is 2.49. The van der Waals surface area contributed by atoms with Crippen LogP contribution in [0.2, 0.25) is 0 Å². The molecule has 3 unspecified atom stereocenters. The van der Waals surface area contributed by atoms with E-state index in [1.807, 2.05) is 0 Å². The van der Waals surface area contributed by atoms with E-state index >= 15 is 0 Å². The number of hydrogen-bond acceptors (Lipinski definition) is 2. The van der Waals surface area contributed by atoms with Crippen molar-refractivity contribution >= 4 is 0 Å². The van der Waals surface area contributed by atoms with Gasteiger partial charge in [-0.2, -0.15) is 0 Å². The van der Waals surface area contributed by atoms with E-state index in [0.717, 1.165) is 43.9 Å². The molecule has 0 aromatic carbocycles. The maximum atomic E-state index is 5.97. The van der Waals surface area contributed by atoms with Crippen LogP contribution >= 0.6 is 0 Å². The third-order valence-corrected chi connectivity index (χ3v) is 3.95. The minimum Gasteiger partial charge on any atom is -0.378 e. The first-order chi connectivity index (χ1) is 8.09. The van der Waals surface area contributed by atoms with Gasteiger partial charge in [-0.15, -0.1) is 0 Å². The topological polar surface area (TPSA) is 21.3 Å². The van der Waals surface area contributed by atoms with Crippen LogP contribution in [0, 0.1) is 17.8 Å². The van der Waals surface area contributed by atoms with Crippen molar-refractivity contribution in [2.45, 2.75) is 59.5 Å². The minimum atomic E-state index is 0.534. The monoisotopic (exact) mass is 241 g/mol. The lowest BCUT2D eigenvalue weighted by atomic mass is 9.80. The molecule has 0 heterocycles. The van der Waals surface area contributed by atoms with Crippen molar-refractivity contribution in [3.63, 3.8) is 0 Å². The Bertz CT molecular complexity index is 193. The molecule has 0 aromatic heterocycles. The van der Waals surface area contributed by atoms with Crippen LogP contribution in [0.3, 0.4) is 0 Å². The Balaban J connectivity index is 1.96. The van der Waals surface area contributed by atoms with Crippen molar-refractivity contribution in [2.75, 3.05) is 19.7 Å².